The summed E-state index contributed by atoms with van der Waals surface area (Å²) in [4.78, 5) is 24.3. The summed E-state index contributed by atoms with van der Waals surface area (Å²) >= 11 is 1.20. The van der Waals surface area contributed by atoms with Crippen LogP contribution in [0.4, 0.5) is 5.13 Å². The van der Waals surface area contributed by atoms with Crippen molar-refractivity contribution in [3.05, 3.63) is 114 Å². The Kier molecular flexibility index (Phi) is 8.00. The molecule has 9 nitrogen and oxygen atoms in total. The molecule has 0 bridgehead atoms. The lowest BCUT2D eigenvalue weighted by atomic mass is 10.2. The lowest BCUT2D eigenvalue weighted by Crippen LogP contribution is -2.30. The number of nitrogens with zero attached hydrogens (tertiary/aromatic N) is 4. The number of carbonyl (C=O) groups is 1. The van der Waals surface area contributed by atoms with E-state index >= 15 is 0 Å². The molecule has 3 aromatic carbocycles. The highest BCUT2D eigenvalue weighted by molar-refractivity contribution is 7.90. The second-order valence-electron chi connectivity index (χ2n) is 9.42. The number of hydrogen-bond donors (Lipinski definition) is 0. The predicted octanol–water partition coefficient (Wildman–Crippen LogP) is 4.76. The van der Waals surface area contributed by atoms with E-state index in [-0.39, 0.29) is 28.4 Å². The van der Waals surface area contributed by atoms with Crippen LogP contribution in [0, 0.1) is 0 Å². The first-order valence-electron chi connectivity index (χ1n) is 12.4. The van der Waals surface area contributed by atoms with Crippen LogP contribution in [0.25, 0.3) is 10.2 Å². The van der Waals surface area contributed by atoms with E-state index in [1.54, 1.807) is 30.6 Å². The molecule has 0 radical (unpaired) electrons. The molecule has 0 saturated heterocycles. The second kappa shape index (κ2) is 11.5. The van der Waals surface area contributed by atoms with Crippen LogP contribution in [0.15, 0.2) is 107 Å². The number of amides is 1. The van der Waals surface area contributed by atoms with Gasteiger partial charge in [-0.25, -0.2) is 21.8 Å². The van der Waals surface area contributed by atoms with Gasteiger partial charge in [0.2, 0.25) is 10.0 Å². The second-order valence-corrected chi connectivity index (χ2v) is 14.5. The van der Waals surface area contributed by atoms with E-state index in [4.69, 9.17) is 0 Å². The van der Waals surface area contributed by atoms with Gasteiger partial charge >= 0.3 is 0 Å². The Morgan fingerprint density at radius 2 is 1.51 bits per heavy atom. The van der Waals surface area contributed by atoms with Crippen molar-refractivity contribution in [3.8, 4) is 0 Å². The molecule has 41 heavy (non-hydrogen) atoms. The van der Waals surface area contributed by atoms with Crippen molar-refractivity contribution < 1.29 is 21.6 Å². The largest absolute Gasteiger partial charge is 0.279 e. The number of carbonyl (C=O) groups excluding carboxylic acids is 1. The van der Waals surface area contributed by atoms with Gasteiger partial charge < -0.3 is 0 Å². The quantitative estimate of drug-likeness (QED) is 0.237. The van der Waals surface area contributed by atoms with Gasteiger partial charge in [0, 0.05) is 37.8 Å². The molecule has 0 N–H and O–H groups in total. The number of sulfone groups is 1. The fourth-order valence-corrected chi connectivity index (χ4v) is 7.05. The number of benzene rings is 3. The standard InChI is InChI=1S/C29H26N4O5S3/c1-32(19-21-7-4-3-5-8-21)41(37,38)24-12-10-23(11-13-24)28(34)33(20-22-9-6-16-30-18-22)29-31-26-15-14-25(40(2,35)36)17-27(26)39-29/h3-18H,19-20H2,1-2H3. The minimum absolute atomic E-state index is 0.0691. The Morgan fingerprint density at radius 3 is 2.17 bits per heavy atom. The third kappa shape index (κ3) is 6.35. The van der Waals surface area contributed by atoms with Crippen molar-refractivity contribution in [1.29, 1.82) is 0 Å². The summed E-state index contributed by atoms with van der Waals surface area (Å²) in [5.74, 6) is -0.391. The molecule has 0 spiro atoms. The number of hydrogen-bond acceptors (Lipinski definition) is 8. The lowest BCUT2D eigenvalue weighted by molar-refractivity contribution is 0.0985. The molecular formula is C29H26N4O5S3. The van der Waals surface area contributed by atoms with E-state index in [1.807, 2.05) is 36.4 Å². The molecule has 0 unspecified atom stereocenters. The van der Waals surface area contributed by atoms with Crippen molar-refractivity contribution in [3.63, 3.8) is 0 Å². The number of fused-ring (bicyclic) bond motifs is 1. The van der Waals surface area contributed by atoms with Crippen molar-refractivity contribution in [1.82, 2.24) is 14.3 Å². The molecule has 12 heteroatoms. The first kappa shape index (κ1) is 28.6. The van der Waals surface area contributed by atoms with Crippen LogP contribution >= 0.6 is 11.3 Å². The van der Waals surface area contributed by atoms with Gasteiger partial charge in [0.15, 0.2) is 15.0 Å². The molecule has 2 aromatic heterocycles. The van der Waals surface area contributed by atoms with Crippen LogP contribution < -0.4 is 4.90 Å². The molecule has 0 atom stereocenters. The van der Waals surface area contributed by atoms with Gasteiger partial charge in [-0.3, -0.25) is 14.7 Å². The SMILES string of the molecule is CN(Cc1ccccc1)S(=O)(=O)c1ccc(C(=O)N(Cc2cccnc2)c2nc3ccc(S(C)(=O)=O)cc3s2)cc1. The van der Waals surface area contributed by atoms with E-state index in [0.29, 0.717) is 15.3 Å². The van der Waals surface area contributed by atoms with Crippen LogP contribution in [0.3, 0.4) is 0 Å². The van der Waals surface area contributed by atoms with Gasteiger partial charge in [0.1, 0.15) is 0 Å². The van der Waals surface area contributed by atoms with Gasteiger partial charge in [-0.15, -0.1) is 0 Å². The molecule has 0 aliphatic rings. The molecule has 5 rings (SSSR count). The maximum atomic E-state index is 13.8. The molecule has 0 fully saturated rings. The summed E-state index contributed by atoms with van der Waals surface area (Å²) in [6, 6.07) is 23.3. The average molecular weight is 607 g/mol. The third-order valence-electron chi connectivity index (χ3n) is 6.37. The van der Waals surface area contributed by atoms with Crippen LogP contribution in [0.5, 0.6) is 0 Å². The summed E-state index contributed by atoms with van der Waals surface area (Å²) in [5, 5.41) is 0.374. The van der Waals surface area contributed by atoms with Crippen molar-refractivity contribution in [2.24, 2.45) is 0 Å². The van der Waals surface area contributed by atoms with Crippen LogP contribution in [0.1, 0.15) is 21.5 Å². The fourth-order valence-electron chi connectivity index (χ4n) is 4.17. The van der Waals surface area contributed by atoms with Gasteiger partial charge in [0.05, 0.1) is 26.6 Å². The van der Waals surface area contributed by atoms with Crippen molar-refractivity contribution >= 4 is 52.5 Å². The molecule has 2 heterocycles. The zero-order valence-corrected chi connectivity index (χ0v) is 24.7. The van der Waals surface area contributed by atoms with Crippen LogP contribution in [-0.2, 0) is 33.0 Å². The highest BCUT2D eigenvalue weighted by Gasteiger charge is 2.25. The molecule has 0 saturated carbocycles. The number of rotatable bonds is 9. The highest BCUT2D eigenvalue weighted by atomic mass is 32.2. The summed E-state index contributed by atoms with van der Waals surface area (Å²) in [5.41, 5.74) is 2.45. The molecule has 5 aromatic rings. The van der Waals surface area contributed by atoms with Gasteiger partial charge in [0.25, 0.3) is 5.91 Å². The Balaban J connectivity index is 1.45. The number of sulfonamides is 1. The molecule has 0 aliphatic heterocycles. The van der Waals surface area contributed by atoms with Crippen LogP contribution in [0.2, 0.25) is 0 Å². The monoisotopic (exact) mass is 606 g/mol. The van der Waals surface area contributed by atoms with Crippen molar-refractivity contribution in [2.75, 3.05) is 18.2 Å². The smallest absolute Gasteiger partial charge is 0.260 e. The average Bonchev–Trinajstić information content (AvgIpc) is 3.39. The predicted molar refractivity (Wildman–Crippen MR) is 159 cm³/mol. The zero-order valence-electron chi connectivity index (χ0n) is 22.2. The van der Waals surface area contributed by atoms with E-state index in [0.717, 1.165) is 17.4 Å². The van der Waals surface area contributed by atoms with E-state index in [1.165, 1.54) is 57.9 Å². The Morgan fingerprint density at radius 1 is 0.829 bits per heavy atom. The number of anilines is 1. The van der Waals surface area contributed by atoms with Gasteiger partial charge in [-0.1, -0.05) is 47.7 Å². The topological polar surface area (TPSA) is 118 Å². The molecule has 1 amide bonds. The Hall–Kier alpha value is -3.97. The minimum Gasteiger partial charge on any atom is -0.279 e. The van der Waals surface area contributed by atoms with E-state index in [9.17, 15) is 21.6 Å². The summed E-state index contributed by atoms with van der Waals surface area (Å²) < 4.78 is 52.4. The maximum absolute atomic E-state index is 13.8. The van der Waals surface area contributed by atoms with Crippen LogP contribution in [-0.4, -0.2) is 50.3 Å². The minimum atomic E-state index is -3.79. The molecular weight excluding hydrogens is 581 g/mol. The number of thiazole rings is 1. The van der Waals surface area contributed by atoms with Crippen molar-refractivity contribution in [2.45, 2.75) is 22.9 Å². The maximum Gasteiger partial charge on any atom is 0.260 e. The van der Waals surface area contributed by atoms with Gasteiger partial charge in [-0.2, -0.15) is 4.31 Å². The first-order valence-corrected chi connectivity index (χ1v) is 16.6. The molecule has 0 aliphatic carbocycles. The van der Waals surface area contributed by atoms with E-state index in [2.05, 4.69) is 9.97 Å². The summed E-state index contributed by atoms with van der Waals surface area (Å²) in [6.45, 7) is 0.368. The van der Waals surface area contributed by atoms with E-state index < -0.39 is 25.8 Å². The summed E-state index contributed by atoms with van der Waals surface area (Å²) in [7, 11) is -5.70. The first-order chi connectivity index (χ1) is 19.5. The Bertz CT molecular complexity index is 1910. The normalized spacial score (nSPS) is 12.1. The molecule has 210 valence electrons. The van der Waals surface area contributed by atoms with Gasteiger partial charge in [-0.05, 0) is 59.7 Å². The zero-order chi connectivity index (χ0) is 29.2. The lowest BCUT2D eigenvalue weighted by Gasteiger charge is -2.21. The highest BCUT2D eigenvalue weighted by Crippen LogP contribution is 2.32. The third-order valence-corrected chi connectivity index (χ3v) is 10.3. The summed E-state index contributed by atoms with van der Waals surface area (Å²) in [6.07, 6.45) is 4.42. The number of aromatic nitrogens is 2. The number of pyridine rings is 1. The Labute approximate surface area is 242 Å². The fraction of sp³-hybridized carbons (Fsp3) is 0.138.